The summed E-state index contributed by atoms with van der Waals surface area (Å²) in [6.07, 6.45) is 7.69. The van der Waals surface area contributed by atoms with E-state index in [4.69, 9.17) is 4.74 Å². The van der Waals surface area contributed by atoms with Gasteiger partial charge in [-0.2, -0.15) is 0 Å². The van der Waals surface area contributed by atoms with Gasteiger partial charge in [0.1, 0.15) is 5.75 Å². The van der Waals surface area contributed by atoms with E-state index in [1.807, 2.05) is 18.4 Å². The summed E-state index contributed by atoms with van der Waals surface area (Å²) in [7, 11) is 0. The van der Waals surface area contributed by atoms with Crippen LogP contribution in [0.2, 0.25) is 0 Å². The summed E-state index contributed by atoms with van der Waals surface area (Å²) in [6, 6.07) is 17.7. The lowest BCUT2D eigenvalue weighted by atomic mass is 10.1. The smallest absolute Gasteiger partial charge is 0.233 e. The molecule has 0 fully saturated rings. The molecule has 0 unspecified atom stereocenters. The van der Waals surface area contributed by atoms with Gasteiger partial charge < -0.3 is 4.74 Å². The van der Waals surface area contributed by atoms with Crippen molar-refractivity contribution in [2.75, 3.05) is 6.61 Å². The Kier molecular flexibility index (Phi) is 6.53. The fraction of sp³-hybridized carbons (Fsp3) is 0.316. The molecule has 0 aromatic heterocycles. The Hall–Kier alpha value is -2.09. The van der Waals surface area contributed by atoms with Crippen LogP contribution in [-0.4, -0.2) is 12.9 Å². The average Bonchev–Trinajstić information content (AvgIpc) is 2.55. The fourth-order valence-electron chi connectivity index (χ4n) is 2.27. The molecule has 0 aliphatic rings. The third kappa shape index (κ3) is 5.82. The lowest BCUT2D eigenvalue weighted by Crippen LogP contribution is -1.98. The number of hydrogen-bond acceptors (Lipinski definition) is 2. The molecule has 0 spiro atoms. The van der Waals surface area contributed by atoms with Crippen molar-refractivity contribution in [3.05, 3.63) is 65.7 Å². The minimum Gasteiger partial charge on any atom is -0.494 e. The lowest BCUT2D eigenvalue weighted by Gasteiger charge is -2.06. The van der Waals surface area contributed by atoms with Crippen LogP contribution in [0.4, 0.5) is 0 Å². The standard InChI is InChI=1S/C19H21O2/c20-16-18-12-8-13-19(15-18)21-14-7-2-1-4-9-17-10-5-3-6-11-17/h3,5-6,8,10-13,15H,1-2,4,7,9,14H2. The summed E-state index contributed by atoms with van der Waals surface area (Å²) in [5.74, 6) is 0.750. The number of aryl methyl sites for hydroxylation is 1. The topological polar surface area (TPSA) is 26.3 Å². The molecule has 2 aromatic rings. The summed E-state index contributed by atoms with van der Waals surface area (Å²) in [4.78, 5) is 10.5. The highest BCUT2D eigenvalue weighted by Gasteiger charge is 1.97. The Morgan fingerprint density at radius 2 is 1.67 bits per heavy atom. The number of benzene rings is 2. The second-order valence-electron chi connectivity index (χ2n) is 5.13. The molecule has 0 aliphatic carbocycles. The third-order valence-corrected chi connectivity index (χ3v) is 3.42. The van der Waals surface area contributed by atoms with Crippen molar-refractivity contribution in [1.29, 1.82) is 0 Å². The molecule has 0 N–H and O–H groups in total. The summed E-state index contributed by atoms with van der Waals surface area (Å²) in [5, 5.41) is 0. The minimum atomic E-state index is 0.537. The van der Waals surface area contributed by atoms with Crippen molar-refractivity contribution in [3.63, 3.8) is 0 Å². The van der Waals surface area contributed by atoms with Crippen LogP contribution >= 0.6 is 0 Å². The first-order valence-electron chi connectivity index (χ1n) is 7.53. The van der Waals surface area contributed by atoms with Crippen molar-refractivity contribution in [2.24, 2.45) is 0 Å². The first-order valence-corrected chi connectivity index (χ1v) is 7.53. The van der Waals surface area contributed by atoms with Gasteiger partial charge in [0.2, 0.25) is 6.29 Å². The Labute approximate surface area is 126 Å². The van der Waals surface area contributed by atoms with E-state index in [-0.39, 0.29) is 0 Å². The number of carbonyl (C=O) groups excluding carboxylic acids is 1. The van der Waals surface area contributed by atoms with Crippen molar-refractivity contribution in [3.8, 4) is 5.75 Å². The van der Waals surface area contributed by atoms with Crippen LogP contribution in [0.25, 0.3) is 0 Å². The zero-order chi connectivity index (χ0) is 14.8. The molecule has 2 rings (SSSR count). The summed E-state index contributed by atoms with van der Waals surface area (Å²) < 4.78 is 5.63. The van der Waals surface area contributed by atoms with Crippen LogP contribution in [0.5, 0.6) is 5.75 Å². The molecule has 1 radical (unpaired) electrons. The highest BCUT2D eigenvalue weighted by molar-refractivity contribution is 5.75. The van der Waals surface area contributed by atoms with Gasteiger partial charge in [-0.15, -0.1) is 0 Å². The van der Waals surface area contributed by atoms with Gasteiger partial charge in [0.05, 0.1) is 6.61 Å². The predicted molar refractivity (Wildman–Crippen MR) is 85.3 cm³/mol. The molecule has 0 bridgehead atoms. The van der Waals surface area contributed by atoms with E-state index in [0.717, 1.165) is 18.6 Å². The van der Waals surface area contributed by atoms with Crippen LogP contribution in [0.15, 0.2) is 54.6 Å². The maximum atomic E-state index is 10.5. The Balaban J connectivity index is 1.55. The van der Waals surface area contributed by atoms with Crippen LogP contribution < -0.4 is 4.74 Å². The van der Waals surface area contributed by atoms with E-state index in [1.54, 1.807) is 12.1 Å². The molecule has 0 amide bonds. The molecule has 21 heavy (non-hydrogen) atoms. The fourth-order valence-corrected chi connectivity index (χ4v) is 2.27. The quantitative estimate of drug-likeness (QED) is 0.640. The SMILES string of the molecule is O=[C]c1cccc(OCCCCCCc2ccccc2)c1. The van der Waals surface area contributed by atoms with Gasteiger partial charge >= 0.3 is 0 Å². The highest BCUT2D eigenvalue weighted by Crippen LogP contribution is 2.13. The zero-order valence-corrected chi connectivity index (χ0v) is 12.3. The molecule has 0 saturated carbocycles. The molecule has 0 heterocycles. The monoisotopic (exact) mass is 281 g/mol. The molecule has 109 valence electrons. The van der Waals surface area contributed by atoms with Crippen molar-refractivity contribution in [1.82, 2.24) is 0 Å². The van der Waals surface area contributed by atoms with Gasteiger partial charge in [0, 0.05) is 5.56 Å². The van der Waals surface area contributed by atoms with Crippen LogP contribution in [0, 0.1) is 0 Å². The third-order valence-electron chi connectivity index (χ3n) is 3.42. The van der Waals surface area contributed by atoms with Gasteiger partial charge in [-0.25, -0.2) is 0 Å². The highest BCUT2D eigenvalue weighted by atomic mass is 16.5. The van der Waals surface area contributed by atoms with Crippen LogP contribution in [-0.2, 0) is 11.2 Å². The number of hydrogen-bond donors (Lipinski definition) is 0. The Morgan fingerprint density at radius 3 is 2.48 bits per heavy atom. The van der Waals surface area contributed by atoms with E-state index in [9.17, 15) is 4.79 Å². The minimum absolute atomic E-state index is 0.537. The van der Waals surface area contributed by atoms with Crippen LogP contribution in [0.1, 0.15) is 36.8 Å². The Morgan fingerprint density at radius 1 is 0.857 bits per heavy atom. The normalized spacial score (nSPS) is 10.3. The second kappa shape index (κ2) is 8.96. The summed E-state index contributed by atoms with van der Waals surface area (Å²) in [6.45, 7) is 0.702. The van der Waals surface area contributed by atoms with Crippen molar-refractivity contribution >= 4 is 6.29 Å². The molecule has 0 aliphatic heterocycles. The maximum absolute atomic E-state index is 10.5. The largest absolute Gasteiger partial charge is 0.494 e. The van der Waals surface area contributed by atoms with E-state index in [0.29, 0.717) is 12.2 Å². The zero-order valence-electron chi connectivity index (χ0n) is 12.3. The molecular weight excluding hydrogens is 260 g/mol. The van der Waals surface area contributed by atoms with Crippen molar-refractivity contribution in [2.45, 2.75) is 32.1 Å². The maximum Gasteiger partial charge on any atom is 0.233 e. The van der Waals surface area contributed by atoms with E-state index in [1.165, 1.54) is 24.8 Å². The first-order chi connectivity index (χ1) is 10.4. The number of unbranched alkanes of at least 4 members (excludes halogenated alkanes) is 3. The molecule has 0 atom stereocenters. The second-order valence-corrected chi connectivity index (χ2v) is 5.13. The average molecular weight is 281 g/mol. The molecule has 2 aromatic carbocycles. The molecule has 2 nitrogen and oxygen atoms in total. The summed E-state index contributed by atoms with van der Waals surface area (Å²) in [5.41, 5.74) is 1.95. The van der Waals surface area contributed by atoms with E-state index in [2.05, 4.69) is 30.3 Å². The van der Waals surface area contributed by atoms with Crippen LogP contribution in [0.3, 0.4) is 0 Å². The van der Waals surface area contributed by atoms with E-state index < -0.39 is 0 Å². The molecule has 0 saturated heterocycles. The van der Waals surface area contributed by atoms with Gasteiger partial charge in [-0.05, 0) is 37.0 Å². The van der Waals surface area contributed by atoms with Gasteiger partial charge in [0.15, 0.2) is 0 Å². The van der Waals surface area contributed by atoms with E-state index >= 15 is 0 Å². The lowest BCUT2D eigenvalue weighted by molar-refractivity contribution is 0.304. The number of ether oxygens (including phenoxy) is 1. The molecular formula is C19H21O2. The van der Waals surface area contributed by atoms with Gasteiger partial charge in [-0.1, -0.05) is 55.3 Å². The summed E-state index contributed by atoms with van der Waals surface area (Å²) >= 11 is 0. The first kappa shape index (κ1) is 15.3. The van der Waals surface area contributed by atoms with Crippen molar-refractivity contribution < 1.29 is 9.53 Å². The predicted octanol–water partition coefficient (Wildman–Crippen LogP) is 4.33. The molecule has 2 heteroatoms. The Bertz CT molecular complexity index is 534. The van der Waals surface area contributed by atoms with Gasteiger partial charge in [-0.3, -0.25) is 4.79 Å². The van der Waals surface area contributed by atoms with Gasteiger partial charge in [0.25, 0.3) is 0 Å². The number of rotatable bonds is 9.